The third kappa shape index (κ3) is 2.81. The Kier molecular flexibility index (Phi) is 3.41. The number of hydrogen-bond acceptors (Lipinski definition) is 2. The van der Waals surface area contributed by atoms with Crippen LogP contribution in [0.5, 0.6) is 0 Å². The predicted molar refractivity (Wildman–Crippen MR) is 61.5 cm³/mol. The molecule has 0 spiro atoms. The third-order valence-corrected chi connectivity index (χ3v) is 3.26. The van der Waals surface area contributed by atoms with Crippen molar-refractivity contribution < 1.29 is 0 Å². The van der Waals surface area contributed by atoms with Gasteiger partial charge in [-0.15, -0.1) is 0 Å². The van der Waals surface area contributed by atoms with Gasteiger partial charge in [0.2, 0.25) is 0 Å². The minimum Gasteiger partial charge on any atom is -0.308 e. The highest BCUT2D eigenvalue weighted by atomic mass is 15.3. The summed E-state index contributed by atoms with van der Waals surface area (Å²) in [7, 11) is 2.00. The van der Waals surface area contributed by atoms with Gasteiger partial charge >= 0.3 is 0 Å². The average Bonchev–Trinajstić information content (AvgIpc) is 2.98. The van der Waals surface area contributed by atoms with Crippen molar-refractivity contribution in [1.29, 1.82) is 0 Å². The standard InChI is InChI=1S/C12H21N3/c1-3-4-12(10-5-6-10)13-9-11-7-8-14-15(11)2/h7-8,10,12-13H,3-6,9H2,1-2H3. The molecule has 1 fully saturated rings. The van der Waals surface area contributed by atoms with E-state index in [0.717, 1.165) is 18.5 Å². The van der Waals surface area contributed by atoms with Crippen LogP contribution >= 0.6 is 0 Å². The maximum Gasteiger partial charge on any atom is 0.0518 e. The summed E-state index contributed by atoms with van der Waals surface area (Å²) < 4.78 is 1.95. The molecule has 1 aromatic rings. The Balaban J connectivity index is 1.82. The van der Waals surface area contributed by atoms with E-state index in [-0.39, 0.29) is 0 Å². The highest BCUT2D eigenvalue weighted by Gasteiger charge is 2.29. The average molecular weight is 207 g/mol. The van der Waals surface area contributed by atoms with Crippen molar-refractivity contribution in [3.63, 3.8) is 0 Å². The molecule has 2 rings (SSSR count). The smallest absolute Gasteiger partial charge is 0.0518 e. The Hall–Kier alpha value is -0.830. The molecule has 1 aliphatic rings. The van der Waals surface area contributed by atoms with Crippen molar-refractivity contribution in [2.45, 2.75) is 45.2 Å². The molecule has 84 valence electrons. The summed E-state index contributed by atoms with van der Waals surface area (Å²) in [5.74, 6) is 0.943. The van der Waals surface area contributed by atoms with Crippen LogP contribution in [0.4, 0.5) is 0 Å². The second kappa shape index (κ2) is 4.79. The van der Waals surface area contributed by atoms with Gasteiger partial charge in [0.1, 0.15) is 0 Å². The normalized spacial score (nSPS) is 18.0. The van der Waals surface area contributed by atoms with Crippen molar-refractivity contribution >= 4 is 0 Å². The second-order valence-electron chi connectivity index (χ2n) is 4.56. The van der Waals surface area contributed by atoms with Gasteiger partial charge in [-0.05, 0) is 31.2 Å². The summed E-state index contributed by atoms with van der Waals surface area (Å²) >= 11 is 0. The van der Waals surface area contributed by atoms with E-state index in [9.17, 15) is 0 Å². The van der Waals surface area contributed by atoms with Crippen LogP contribution in [0, 0.1) is 5.92 Å². The second-order valence-corrected chi connectivity index (χ2v) is 4.56. The molecule has 0 amide bonds. The molecule has 1 N–H and O–H groups in total. The van der Waals surface area contributed by atoms with Gasteiger partial charge in [-0.3, -0.25) is 4.68 Å². The molecule has 1 heterocycles. The molecule has 1 atom stereocenters. The Morgan fingerprint density at radius 1 is 1.60 bits per heavy atom. The van der Waals surface area contributed by atoms with Crippen molar-refractivity contribution in [1.82, 2.24) is 15.1 Å². The number of hydrogen-bond donors (Lipinski definition) is 1. The van der Waals surface area contributed by atoms with Gasteiger partial charge in [0.15, 0.2) is 0 Å². The lowest BCUT2D eigenvalue weighted by molar-refractivity contribution is 0.422. The Morgan fingerprint density at radius 3 is 2.93 bits per heavy atom. The molecule has 15 heavy (non-hydrogen) atoms. The zero-order chi connectivity index (χ0) is 10.7. The highest BCUT2D eigenvalue weighted by Crippen LogP contribution is 2.34. The lowest BCUT2D eigenvalue weighted by Gasteiger charge is -2.17. The number of nitrogens with one attached hydrogen (secondary N) is 1. The van der Waals surface area contributed by atoms with E-state index < -0.39 is 0 Å². The van der Waals surface area contributed by atoms with Crippen molar-refractivity contribution in [2.24, 2.45) is 13.0 Å². The monoisotopic (exact) mass is 207 g/mol. The molecular weight excluding hydrogens is 186 g/mol. The largest absolute Gasteiger partial charge is 0.308 e. The summed E-state index contributed by atoms with van der Waals surface area (Å²) in [5.41, 5.74) is 1.27. The Bertz CT molecular complexity index is 302. The van der Waals surface area contributed by atoms with Gasteiger partial charge in [0.05, 0.1) is 5.69 Å². The number of nitrogens with zero attached hydrogens (tertiary/aromatic N) is 2. The van der Waals surface area contributed by atoms with Gasteiger partial charge in [-0.1, -0.05) is 13.3 Å². The summed E-state index contributed by atoms with van der Waals surface area (Å²) in [6.45, 7) is 3.22. The third-order valence-electron chi connectivity index (χ3n) is 3.26. The van der Waals surface area contributed by atoms with Gasteiger partial charge < -0.3 is 5.32 Å². The van der Waals surface area contributed by atoms with E-state index in [0.29, 0.717) is 0 Å². The molecular formula is C12H21N3. The predicted octanol–water partition coefficient (Wildman–Crippen LogP) is 2.09. The molecule has 1 aliphatic carbocycles. The maximum absolute atomic E-state index is 4.18. The van der Waals surface area contributed by atoms with Crippen LogP contribution in [0.15, 0.2) is 12.3 Å². The summed E-state index contributed by atoms with van der Waals surface area (Å²) in [4.78, 5) is 0. The van der Waals surface area contributed by atoms with Crippen molar-refractivity contribution in [2.75, 3.05) is 0 Å². The molecule has 1 saturated carbocycles. The number of aryl methyl sites for hydroxylation is 1. The molecule has 0 aliphatic heterocycles. The van der Waals surface area contributed by atoms with Crippen molar-refractivity contribution in [3.8, 4) is 0 Å². The van der Waals surface area contributed by atoms with Crippen LogP contribution in [0.2, 0.25) is 0 Å². The number of aromatic nitrogens is 2. The first-order valence-corrected chi connectivity index (χ1v) is 6.01. The van der Waals surface area contributed by atoms with E-state index in [1.54, 1.807) is 0 Å². The Morgan fingerprint density at radius 2 is 2.40 bits per heavy atom. The van der Waals surface area contributed by atoms with Crippen LogP contribution in [0.1, 0.15) is 38.3 Å². The highest BCUT2D eigenvalue weighted by molar-refractivity contribution is 5.00. The first kappa shape index (κ1) is 10.7. The minimum absolute atomic E-state index is 0.727. The minimum atomic E-state index is 0.727. The zero-order valence-electron chi connectivity index (χ0n) is 9.74. The van der Waals surface area contributed by atoms with Crippen molar-refractivity contribution in [3.05, 3.63) is 18.0 Å². The zero-order valence-corrected chi connectivity index (χ0v) is 9.74. The van der Waals surface area contributed by atoms with Gasteiger partial charge in [-0.25, -0.2) is 0 Å². The van der Waals surface area contributed by atoms with E-state index in [2.05, 4.69) is 23.4 Å². The lowest BCUT2D eigenvalue weighted by atomic mass is 10.1. The lowest BCUT2D eigenvalue weighted by Crippen LogP contribution is -2.31. The molecule has 0 saturated heterocycles. The van der Waals surface area contributed by atoms with Crippen LogP contribution < -0.4 is 5.32 Å². The van der Waals surface area contributed by atoms with E-state index in [1.807, 2.05) is 17.9 Å². The topological polar surface area (TPSA) is 29.9 Å². The fraction of sp³-hybridized carbons (Fsp3) is 0.750. The summed E-state index contributed by atoms with van der Waals surface area (Å²) in [5, 5.41) is 7.84. The molecule has 3 heteroatoms. The van der Waals surface area contributed by atoms with Gasteiger partial charge in [0.25, 0.3) is 0 Å². The molecule has 3 nitrogen and oxygen atoms in total. The molecule has 0 aromatic carbocycles. The van der Waals surface area contributed by atoms with Gasteiger partial charge in [-0.2, -0.15) is 5.10 Å². The van der Waals surface area contributed by atoms with E-state index in [4.69, 9.17) is 0 Å². The molecule has 1 unspecified atom stereocenters. The first-order chi connectivity index (χ1) is 7.31. The Labute approximate surface area is 91.9 Å². The fourth-order valence-electron chi connectivity index (χ4n) is 2.12. The number of rotatable bonds is 6. The van der Waals surface area contributed by atoms with Crippen LogP contribution in [-0.2, 0) is 13.6 Å². The molecule has 1 aromatic heterocycles. The van der Waals surface area contributed by atoms with Gasteiger partial charge in [0, 0.05) is 25.8 Å². The fourth-order valence-corrected chi connectivity index (χ4v) is 2.12. The summed E-state index contributed by atoms with van der Waals surface area (Å²) in [6, 6.07) is 2.81. The van der Waals surface area contributed by atoms with Crippen LogP contribution in [0.25, 0.3) is 0 Å². The van der Waals surface area contributed by atoms with Crippen LogP contribution in [0.3, 0.4) is 0 Å². The SMILES string of the molecule is CCCC(NCc1ccnn1C)C1CC1. The molecule has 0 radical (unpaired) electrons. The maximum atomic E-state index is 4.18. The summed E-state index contributed by atoms with van der Waals surface area (Å²) in [6.07, 6.45) is 7.29. The molecule has 0 bridgehead atoms. The van der Waals surface area contributed by atoms with E-state index >= 15 is 0 Å². The quantitative estimate of drug-likeness (QED) is 0.774. The van der Waals surface area contributed by atoms with E-state index in [1.165, 1.54) is 31.4 Å². The first-order valence-electron chi connectivity index (χ1n) is 6.01. The van der Waals surface area contributed by atoms with Crippen LogP contribution in [-0.4, -0.2) is 15.8 Å².